The molecule has 0 N–H and O–H groups in total. The van der Waals surface area contributed by atoms with E-state index in [1.165, 1.54) is 19.2 Å². The zero-order chi connectivity index (χ0) is 22.6. The number of ketones is 1. The summed E-state index contributed by atoms with van der Waals surface area (Å²) in [7, 11) is -2.67. The van der Waals surface area contributed by atoms with Gasteiger partial charge in [-0.05, 0) is 50.7 Å². The highest BCUT2D eigenvalue weighted by molar-refractivity contribution is 9.11. The van der Waals surface area contributed by atoms with Crippen molar-refractivity contribution in [3.05, 3.63) is 40.1 Å². The first kappa shape index (κ1) is 21.6. The molecule has 0 aromatic heterocycles. The van der Waals surface area contributed by atoms with Crippen LogP contribution >= 0.6 is 15.9 Å². The highest BCUT2D eigenvalue weighted by Gasteiger charge is 2.88. The topological polar surface area (TPSA) is 78.9 Å². The van der Waals surface area contributed by atoms with Crippen molar-refractivity contribution in [3.63, 3.8) is 0 Å². The van der Waals surface area contributed by atoms with Gasteiger partial charge >= 0.3 is 10.1 Å². The van der Waals surface area contributed by atoms with Gasteiger partial charge in [0.25, 0.3) is 0 Å². The molecule has 6 atom stereocenters. The number of methoxy groups -OCH3 is 1. The first-order valence-corrected chi connectivity index (χ1v) is 12.8. The van der Waals surface area contributed by atoms with Crippen molar-refractivity contribution in [1.29, 1.82) is 0 Å². The van der Waals surface area contributed by atoms with Crippen molar-refractivity contribution in [3.8, 4) is 0 Å². The lowest BCUT2D eigenvalue weighted by atomic mass is 9.40. The van der Waals surface area contributed by atoms with Crippen LogP contribution in [0.3, 0.4) is 0 Å². The molecular formula is C23H27BrO6S. The molecule has 168 valence electrons. The molecule has 6 unspecified atom stereocenters. The largest absolute Gasteiger partial charge is 0.382 e. The van der Waals surface area contributed by atoms with Gasteiger partial charge in [0.2, 0.25) is 11.6 Å². The van der Waals surface area contributed by atoms with Crippen LogP contribution in [0.2, 0.25) is 0 Å². The van der Waals surface area contributed by atoms with Crippen LogP contribution in [-0.2, 0) is 28.6 Å². The predicted octanol–water partition coefficient (Wildman–Crippen LogP) is 4.32. The second-order valence-electron chi connectivity index (χ2n) is 9.87. The molecule has 1 aromatic carbocycles. The van der Waals surface area contributed by atoms with Crippen molar-refractivity contribution < 1.29 is 26.9 Å². The van der Waals surface area contributed by atoms with E-state index in [1.54, 1.807) is 12.1 Å². The van der Waals surface area contributed by atoms with E-state index in [9.17, 15) is 13.2 Å². The molecule has 1 spiro atoms. The number of halogens is 1. The van der Waals surface area contributed by atoms with Crippen molar-refractivity contribution in [2.24, 2.45) is 28.1 Å². The van der Waals surface area contributed by atoms with Gasteiger partial charge < -0.3 is 13.7 Å². The zero-order valence-electron chi connectivity index (χ0n) is 18.3. The summed E-state index contributed by atoms with van der Waals surface area (Å²) < 4.78 is 45.1. The number of aryl methyl sites for hydroxylation is 1. The highest BCUT2D eigenvalue weighted by Crippen LogP contribution is 2.81. The van der Waals surface area contributed by atoms with E-state index in [-0.39, 0.29) is 28.3 Å². The molecule has 0 radical (unpaired) electrons. The zero-order valence-corrected chi connectivity index (χ0v) is 20.7. The number of carbonyl (C=O) groups is 1. The molecule has 8 heteroatoms. The Labute approximate surface area is 191 Å². The maximum absolute atomic E-state index is 14.1. The van der Waals surface area contributed by atoms with Gasteiger partial charge in [0.05, 0.1) is 17.4 Å². The van der Waals surface area contributed by atoms with Gasteiger partial charge in [-0.15, -0.1) is 0 Å². The standard InChI is InChI=1S/C23H27BrO6S/c1-13-6-9-15(10-7-13)31(26,27)30-18-17(24)22-14(2)8-11-16(22)20(3)12-29-23(28-5,19(22)25)21(18,20)4/h6-7,9-10,14,16H,8,11-12H2,1-5H3. The van der Waals surface area contributed by atoms with Crippen molar-refractivity contribution in [2.45, 2.75) is 51.2 Å². The maximum atomic E-state index is 14.1. The lowest BCUT2D eigenvalue weighted by molar-refractivity contribution is -0.259. The monoisotopic (exact) mass is 510 g/mol. The molecule has 1 aromatic rings. The number of Topliss-reactive ketones (excluding diaryl/α,β-unsaturated/α-hetero) is 1. The molecule has 5 aliphatic rings. The normalized spacial score (nSPS) is 43.5. The Balaban J connectivity index is 1.77. The third-order valence-corrected chi connectivity index (χ3v) is 11.1. The van der Waals surface area contributed by atoms with Crippen LogP contribution in [0, 0.1) is 35.0 Å². The van der Waals surface area contributed by atoms with Gasteiger partial charge in [0.1, 0.15) is 10.7 Å². The van der Waals surface area contributed by atoms with Crippen molar-refractivity contribution in [2.75, 3.05) is 13.7 Å². The summed E-state index contributed by atoms with van der Waals surface area (Å²) in [6.45, 7) is 8.18. The molecule has 0 amide bonds. The average Bonchev–Trinajstić information content (AvgIpc) is 3.17. The molecular weight excluding hydrogens is 484 g/mol. The summed E-state index contributed by atoms with van der Waals surface area (Å²) in [5, 5.41) is 0. The maximum Gasteiger partial charge on any atom is 0.338 e. The fourth-order valence-electron chi connectivity index (χ4n) is 6.97. The lowest BCUT2D eigenvalue weighted by Crippen LogP contribution is -2.73. The van der Waals surface area contributed by atoms with Crippen LogP contribution < -0.4 is 0 Å². The highest BCUT2D eigenvalue weighted by atomic mass is 79.9. The fraction of sp³-hybridized carbons (Fsp3) is 0.609. The molecule has 1 heterocycles. The Morgan fingerprint density at radius 3 is 2.42 bits per heavy atom. The van der Waals surface area contributed by atoms with Crippen LogP contribution in [0.5, 0.6) is 0 Å². The Kier molecular flexibility index (Phi) is 4.33. The Morgan fingerprint density at radius 2 is 1.81 bits per heavy atom. The van der Waals surface area contributed by atoms with Gasteiger partial charge in [-0.1, -0.05) is 47.5 Å². The molecule has 4 aliphatic carbocycles. The Hall–Kier alpha value is -1.22. The number of ether oxygens (including phenoxy) is 2. The molecule has 31 heavy (non-hydrogen) atoms. The van der Waals surface area contributed by atoms with Crippen LogP contribution in [-0.4, -0.2) is 33.7 Å². The SMILES string of the molecule is COC12OCC3(C)C4CCC(C)C4(C1=O)C(Br)=C(OS(=O)(=O)c1ccc(C)cc1)C23C. The Morgan fingerprint density at radius 1 is 1.16 bits per heavy atom. The molecule has 6 nitrogen and oxygen atoms in total. The van der Waals surface area contributed by atoms with Crippen LogP contribution in [0.1, 0.15) is 39.2 Å². The molecule has 3 fully saturated rings. The second kappa shape index (κ2) is 6.22. The van der Waals surface area contributed by atoms with Crippen LogP contribution in [0.15, 0.2) is 39.4 Å². The molecule has 6 rings (SSSR count). The minimum atomic E-state index is -4.13. The van der Waals surface area contributed by atoms with E-state index < -0.39 is 32.2 Å². The third-order valence-electron chi connectivity index (χ3n) is 8.84. The number of allylic oxidation sites excluding steroid dienone is 1. The quantitative estimate of drug-likeness (QED) is 0.561. The summed E-state index contributed by atoms with van der Waals surface area (Å²) in [4.78, 5) is 14.1. The molecule has 1 aliphatic heterocycles. The van der Waals surface area contributed by atoms with Gasteiger partial charge in [0.15, 0.2) is 0 Å². The summed E-state index contributed by atoms with van der Waals surface area (Å²) >= 11 is 3.68. The number of carbonyl (C=O) groups excluding carboxylic acids is 1. The fourth-order valence-corrected chi connectivity index (χ4v) is 9.44. The summed E-state index contributed by atoms with van der Waals surface area (Å²) in [6.07, 6.45) is 1.74. The van der Waals surface area contributed by atoms with Crippen LogP contribution in [0.4, 0.5) is 0 Å². The smallest absolute Gasteiger partial charge is 0.338 e. The van der Waals surface area contributed by atoms with E-state index >= 15 is 0 Å². The van der Waals surface area contributed by atoms with Crippen molar-refractivity contribution >= 4 is 31.8 Å². The second-order valence-corrected chi connectivity index (χ2v) is 12.2. The first-order chi connectivity index (χ1) is 14.4. The van der Waals surface area contributed by atoms with Gasteiger partial charge in [-0.2, -0.15) is 8.42 Å². The summed E-state index contributed by atoms with van der Waals surface area (Å²) in [5.41, 5.74) is -1.58. The third kappa shape index (κ3) is 2.12. The number of hydrogen-bond donors (Lipinski definition) is 0. The Bertz CT molecular complexity index is 1130. The number of benzene rings is 1. The minimum absolute atomic E-state index is 0.000420. The van der Waals surface area contributed by atoms with E-state index in [1.807, 2.05) is 20.8 Å². The van der Waals surface area contributed by atoms with E-state index in [4.69, 9.17) is 13.7 Å². The number of hydrogen-bond acceptors (Lipinski definition) is 6. The number of rotatable bonds is 4. The van der Waals surface area contributed by atoms with Crippen molar-refractivity contribution in [1.82, 2.24) is 0 Å². The average molecular weight is 511 g/mol. The predicted molar refractivity (Wildman–Crippen MR) is 117 cm³/mol. The van der Waals surface area contributed by atoms with Gasteiger partial charge in [-0.3, -0.25) is 4.79 Å². The summed E-state index contributed by atoms with van der Waals surface area (Å²) in [5.74, 6) is -1.45. The first-order valence-electron chi connectivity index (χ1n) is 10.6. The van der Waals surface area contributed by atoms with Gasteiger partial charge in [-0.25, -0.2) is 0 Å². The van der Waals surface area contributed by atoms with Crippen LogP contribution in [0.25, 0.3) is 0 Å². The molecule has 4 bridgehead atoms. The lowest BCUT2D eigenvalue weighted by Gasteiger charge is -2.64. The van der Waals surface area contributed by atoms with Gasteiger partial charge in [0, 0.05) is 17.0 Å². The minimum Gasteiger partial charge on any atom is -0.382 e. The molecule has 2 saturated carbocycles. The van der Waals surface area contributed by atoms with E-state index in [0.29, 0.717) is 11.1 Å². The molecule has 1 saturated heterocycles. The van der Waals surface area contributed by atoms with E-state index in [2.05, 4.69) is 22.9 Å². The summed E-state index contributed by atoms with van der Waals surface area (Å²) in [6, 6.07) is 6.53. The van der Waals surface area contributed by atoms with E-state index in [0.717, 1.165) is 18.4 Å².